The Balaban J connectivity index is 1.76. The maximum absolute atomic E-state index is 14.2. The first-order chi connectivity index (χ1) is 15.5. The molecule has 7 nitrogen and oxygen atoms in total. The van der Waals surface area contributed by atoms with E-state index >= 15 is 0 Å². The molecule has 2 aromatic carbocycles. The summed E-state index contributed by atoms with van der Waals surface area (Å²) in [7, 11) is 3.07. The first-order valence-corrected chi connectivity index (χ1v) is 10.2. The van der Waals surface area contributed by atoms with Crippen molar-refractivity contribution in [1.29, 1.82) is 0 Å². The molecule has 0 atom stereocenters. The molecular formula is C23H23F2N3O4. The van der Waals surface area contributed by atoms with E-state index in [1.54, 1.807) is 18.2 Å². The highest BCUT2D eigenvalue weighted by Crippen LogP contribution is 2.39. The van der Waals surface area contributed by atoms with Gasteiger partial charge in [-0.3, -0.25) is 9.89 Å². The minimum absolute atomic E-state index is 0.0820. The number of methoxy groups -OCH3 is 2. The number of carbonyl (C=O) groups is 1. The van der Waals surface area contributed by atoms with Crippen LogP contribution < -0.4 is 14.8 Å². The monoisotopic (exact) mass is 443 g/mol. The van der Waals surface area contributed by atoms with Gasteiger partial charge in [0.1, 0.15) is 17.3 Å². The fourth-order valence-corrected chi connectivity index (χ4v) is 3.81. The molecule has 0 unspecified atom stereocenters. The van der Waals surface area contributed by atoms with E-state index in [1.807, 2.05) is 0 Å². The lowest BCUT2D eigenvalue weighted by Gasteiger charge is -2.22. The van der Waals surface area contributed by atoms with E-state index in [4.69, 9.17) is 14.2 Å². The van der Waals surface area contributed by atoms with Gasteiger partial charge in [-0.2, -0.15) is 5.10 Å². The number of nitrogens with zero attached hydrogens (tertiary/aromatic N) is 1. The van der Waals surface area contributed by atoms with Gasteiger partial charge in [0.05, 0.1) is 31.2 Å². The maximum atomic E-state index is 14.2. The van der Waals surface area contributed by atoms with Gasteiger partial charge in [-0.25, -0.2) is 8.78 Å². The number of aromatic amines is 1. The first kappa shape index (κ1) is 21.8. The average Bonchev–Trinajstić information content (AvgIpc) is 3.22. The molecule has 0 aliphatic carbocycles. The normalized spacial score (nSPS) is 14.2. The van der Waals surface area contributed by atoms with Crippen LogP contribution >= 0.6 is 0 Å². The van der Waals surface area contributed by atoms with Crippen LogP contribution in [0.4, 0.5) is 14.5 Å². The third kappa shape index (κ3) is 4.29. The molecule has 1 fully saturated rings. The Morgan fingerprint density at radius 2 is 1.84 bits per heavy atom. The molecule has 32 heavy (non-hydrogen) atoms. The van der Waals surface area contributed by atoms with Crippen molar-refractivity contribution in [1.82, 2.24) is 10.2 Å². The molecule has 2 N–H and O–H groups in total. The molecular weight excluding hydrogens is 420 g/mol. The summed E-state index contributed by atoms with van der Waals surface area (Å²) in [5.41, 5.74) is 2.06. The van der Waals surface area contributed by atoms with Crippen molar-refractivity contribution in [3.63, 3.8) is 0 Å². The summed E-state index contributed by atoms with van der Waals surface area (Å²) < 4.78 is 43.6. The van der Waals surface area contributed by atoms with Crippen molar-refractivity contribution in [2.45, 2.75) is 18.8 Å². The Hall–Kier alpha value is -3.46. The number of hydrogen-bond donors (Lipinski definition) is 2. The second kappa shape index (κ2) is 9.35. The van der Waals surface area contributed by atoms with E-state index in [1.165, 1.54) is 14.2 Å². The summed E-state index contributed by atoms with van der Waals surface area (Å²) in [4.78, 5) is 12.9. The topological polar surface area (TPSA) is 85.5 Å². The van der Waals surface area contributed by atoms with Crippen molar-refractivity contribution >= 4 is 11.6 Å². The number of carbonyl (C=O) groups excluding carboxylic acids is 1. The molecule has 0 saturated carbocycles. The Bertz CT molecular complexity index is 1130. The van der Waals surface area contributed by atoms with E-state index < -0.39 is 17.5 Å². The van der Waals surface area contributed by atoms with Crippen LogP contribution in [0.5, 0.6) is 11.5 Å². The zero-order valence-electron chi connectivity index (χ0n) is 17.7. The number of anilines is 1. The fourth-order valence-electron chi connectivity index (χ4n) is 3.81. The first-order valence-electron chi connectivity index (χ1n) is 10.2. The van der Waals surface area contributed by atoms with Crippen LogP contribution in [0.2, 0.25) is 0 Å². The predicted octanol–water partition coefficient (Wildman–Crippen LogP) is 4.52. The quantitative estimate of drug-likeness (QED) is 0.585. The number of nitrogens with one attached hydrogen (secondary N) is 2. The van der Waals surface area contributed by atoms with Gasteiger partial charge in [-0.05, 0) is 43.2 Å². The number of hydrogen-bond acceptors (Lipinski definition) is 5. The molecule has 1 aromatic heterocycles. The molecule has 3 aromatic rings. The Labute approximate surface area is 183 Å². The van der Waals surface area contributed by atoms with E-state index in [-0.39, 0.29) is 11.5 Å². The molecule has 2 heterocycles. The zero-order valence-corrected chi connectivity index (χ0v) is 17.7. The summed E-state index contributed by atoms with van der Waals surface area (Å²) in [5.74, 6) is -1.25. The summed E-state index contributed by atoms with van der Waals surface area (Å²) in [6.07, 6.45) is 1.50. The lowest BCUT2D eigenvalue weighted by Crippen LogP contribution is -2.19. The average molecular weight is 443 g/mol. The molecule has 1 amide bonds. The molecule has 1 saturated heterocycles. The van der Waals surface area contributed by atoms with Crippen LogP contribution in [-0.4, -0.2) is 43.5 Å². The van der Waals surface area contributed by atoms with Gasteiger partial charge in [-0.15, -0.1) is 0 Å². The molecule has 4 rings (SSSR count). The van der Waals surface area contributed by atoms with E-state index in [0.717, 1.165) is 30.7 Å². The second-order valence-electron chi connectivity index (χ2n) is 7.40. The Morgan fingerprint density at radius 3 is 2.53 bits per heavy atom. The van der Waals surface area contributed by atoms with Crippen LogP contribution in [0.25, 0.3) is 11.3 Å². The number of benzene rings is 2. The van der Waals surface area contributed by atoms with Crippen LogP contribution in [0.15, 0.2) is 36.4 Å². The van der Waals surface area contributed by atoms with Gasteiger partial charge in [0, 0.05) is 30.8 Å². The second-order valence-corrected chi connectivity index (χ2v) is 7.40. The standard InChI is InChI=1S/C23H23F2N3O4/c1-30-18-6-3-14(11-19(18)31-2)21-22(20(27-28-21)13-7-9-32-10-8-13)26-23(29)16-5-4-15(24)12-17(16)25/h3-6,11-13H,7-10H2,1-2H3,(H,26,29)(H,27,28). The van der Waals surface area contributed by atoms with Gasteiger partial charge in [-0.1, -0.05) is 0 Å². The Kier molecular flexibility index (Phi) is 6.36. The lowest BCUT2D eigenvalue weighted by molar-refractivity contribution is 0.0846. The van der Waals surface area contributed by atoms with Gasteiger partial charge in [0.15, 0.2) is 11.5 Å². The third-order valence-corrected chi connectivity index (χ3v) is 5.50. The maximum Gasteiger partial charge on any atom is 0.258 e. The highest BCUT2D eigenvalue weighted by molar-refractivity contribution is 6.06. The fraction of sp³-hybridized carbons (Fsp3) is 0.304. The van der Waals surface area contributed by atoms with Crippen molar-refractivity contribution in [2.24, 2.45) is 0 Å². The van der Waals surface area contributed by atoms with Crippen molar-refractivity contribution in [3.05, 3.63) is 59.3 Å². The number of ether oxygens (including phenoxy) is 3. The Morgan fingerprint density at radius 1 is 1.09 bits per heavy atom. The van der Waals surface area contributed by atoms with E-state index in [9.17, 15) is 13.6 Å². The SMILES string of the molecule is COc1ccc(-c2n[nH]c(C3CCOCC3)c2NC(=O)c2ccc(F)cc2F)cc1OC. The summed E-state index contributed by atoms with van der Waals surface area (Å²) in [6, 6.07) is 8.11. The van der Waals surface area contributed by atoms with Gasteiger partial charge < -0.3 is 19.5 Å². The van der Waals surface area contributed by atoms with Gasteiger partial charge in [0.25, 0.3) is 5.91 Å². The molecule has 1 aliphatic rings. The van der Waals surface area contributed by atoms with Crippen molar-refractivity contribution < 1.29 is 27.8 Å². The van der Waals surface area contributed by atoms with Crippen LogP contribution in [0, 0.1) is 11.6 Å². The largest absolute Gasteiger partial charge is 0.493 e. The number of halogens is 2. The van der Waals surface area contributed by atoms with Crippen LogP contribution in [0.1, 0.15) is 34.8 Å². The number of rotatable bonds is 6. The summed E-state index contributed by atoms with van der Waals surface area (Å²) in [5, 5.41) is 10.3. The summed E-state index contributed by atoms with van der Waals surface area (Å²) in [6.45, 7) is 1.19. The number of aromatic nitrogens is 2. The van der Waals surface area contributed by atoms with E-state index in [2.05, 4.69) is 15.5 Å². The predicted molar refractivity (Wildman–Crippen MR) is 114 cm³/mol. The molecule has 1 aliphatic heterocycles. The minimum atomic E-state index is -0.939. The molecule has 0 spiro atoms. The highest BCUT2D eigenvalue weighted by Gasteiger charge is 2.27. The molecule has 168 valence electrons. The molecule has 0 bridgehead atoms. The third-order valence-electron chi connectivity index (χ3n) is 5.50. The van der Waals surface area contributed by atoms with Crippen LogP contribution in [-0.2, 0) is 4.74 Å². The zero-order chi connectivity index (χ0) is 22.7. The lowest BCUT2D eigenvalue weighted by atomic mass is 9.94. The van der Waals surface area contributed by atoms with Crippen molar-refractivity contribution in [2.75, 3.05) is 32.8 Å². The van der Waals surface area contributed by atoms with Gasteiger partial charge in [0.2, 0.25) is 0 Å². The van der Waals surface area contributed by atoms with Gasteiger partial charge >= 0.3 is 0 Å². The summed E-state index contributed by atoms with van der Waals surface area (Å²) >= 11 is 0. The molecule has 0 radical (unpaired) electrons. The number of H-pyrrole nitrogens is 1. The van der Waals surface area contributed by atoms with Crippen LogP contribution in [0.3, 0.4) is 0 Å². The highest BCUT2D eigenvalue weighted by atomic mass is 19.1. The van der Waals surface area contributed by atoms with E-state index in [0.29, 0.717) is 47.7 Å². The number of amides is 1. The van der Waals surface area contributed by atoms with Crippen molar-refractivity contribution in [3.8, 4) is 22.8 Å². The smallest absolute Gasteiger partial charge is 0.258 e. The molecule has 9 heteroatoms. The minimum Gasteiger partial charge on any atom is -0.493 e.